The molecule has 1 N–H and O–H groups in total. The molecule has 0 atom stereocenters. The molecule has 2 aromatic carbocycles. The Morgan fingerprint density at radius 3 is 2.46 bits per heavy atom. The lowest BCUT2D eigenvalue weighted by Crippen LogP contribution is -2.41. The molecule has 0 saturated carbocycles. The standard InChI is InChI=1S/C19H23ClN2O3S/c1-2-3-7-13-21-19(23)15-22(17-10-8-9-16(20)14-17)26(24,25)18-11-5-4-6-12-18/h4-6,8-12,14H,2-3,7,13,15H2,1H3,(H,21,23). The van der Waals surface area contributed by atoms with Crippen LogP contribution in [0.1, 0.15) is 26.2 Å². The number of carbonyl (C=O) groups excluding carboxylic acids is 1. The van der Waals surface area contributed by atoms with Gasteiger partial charge in [-0.05, 0) is 36.8 Å². The zero-order chi connectivity index (χ0) is 19.0. The molecule has 0 radical (unpaired) electrons. The zero-order valence-electron chi connectivity index (χ0n) is 14.7. The van der Waals surface area contributed by atoms with E-state index in [9.17, 15) is 13.2 Å². The third-order valence-corrected chi connectivity index (χ3v) is 5.84. The van der Waals surface area contributed by atoms with Gasteiger partial charge in [0.1, 0.15) is 6.54 Å². The minimum Gasteiger partial charge on any atom is -0.355 e. The van der Waals surface area contributed by atoms with E-state index in [0.29, 0.717) is 17.3 Å². The molecule has 5 nitrogen and oxygen atoms in total. The van der Waals surface area contributed by atoms with Crippen molar-refractivity contribution in [3.05, 3.63) is 59.6 Å². The first-order valence-corrected chi connectivity index (χ1v) is 10.4. The molecule has 0 bridgehead atoms. The van der Waals surface area contributed by atoms with E-state index in [1.165, 1.54) is 18.2 Å². The average Bonchev–Trinajstić information content (AvgIpc) is 2.64. The SMILES string of the molecule is CCCCCNC(=O)CN(c1cccc(Cl)c1)S(=O)(=O)c1ccccc1. The van der Waals surface area contributed by atoms with Crippen LogP contribution in [0.2, 0.25) is 5.02 Å². The number of rotatable bonds is 9. The second-order valence-corrected chi connectivity index (χ2v) is 8.16. The Kier molecular flexibility index (Phi) is 7.48. The second kappa shape index (κ2) is 9.59. The van der Waals surface area contributed by atoms with Gasteiger partial charge >= 0.3 is 0 Å². The van der Waals surface area contributed by atoms with Gasteiger partial charge in [-0.1, -0.05) is 55.6 Å². The maximum atomic E-state index is 13.1. The van der Waals surface area contributed by atoms with Gasteiger partial charge in [0.05, 0.1) is 10.6 Å². The highest BCUT2D eigenvalue weighted by atomic mass is 35.5. The molecule has 0 unspecified atom stereocenters. The van der Waals surface area contributed by atoms with Gasteiger partial charge in [0.2, 0.25) is 5.91 Å². The minimum atomic E-state index is -3.89. The molecular formula is C19H23ClN2O3S. The Labute approximate surface area is 160 Å². The van der Waals surface area contributed by atoms with Crippen molar-refractivity contribution in [1.29, 1.82) is 0 Å². The van der Waals surface area contributed by atoms with Gasteiger partial charge in [-0.3, -0.25) is 9.10 Å². The highest BCUT2D eigenvalue weighted by Crippen LogP contribution is 2.25. The predicted molar refractivity (Wildman–Crippen MR) is 105 cm³/mol. The van der Waals surface area contributed by atoms with E-state index >= 15 is 0 Å². The monoisotopic (exact) mass is 394 g/mol. The summed E-state index contributed by atoms with van der Waals surface area (Å²) in [4.78, 5) is 12.4. The third-order valence-electron chi connectivity index (χ3n) is 3.82. The molecule has 0 aliphatic rings. The van der Waals surface area contributed by atoms with Crippen molar-refractivity contribution in [2.24, 2.45) is 0 Å². The van der Waals surface area contributed by atoms with Crippen molar-refractivity contribution in [3.63, 3.8) is 0 Å². The molecule has 0 saturated heterocycles. The quantitative estimate of drug-likeness (QED) is 0.657. The van der Waals surface area contributed by atoms with Crippen molar-refractivity contribution in [1.82, 2.24) is 5.32 Å². The van der Waals surface area contributed by atoms with E-state index in [1.54, 1.807) is 36.4 Å². The van der Waals surface area contributed by atoms with Crippen molar-refractivity contribution in [3.8, 4) is 0 Å². The van der Waals surface area contributed by atoms with E-state index in [-0.39, 0.29) is 17.3 Å². The van der Waals surface area contributed by atoms with E-state index in [0.717, 1.165) is 23.6 Å². The Bertz CT molecular complexity index is 826. The van der Waals surface area contributed by atoms with E-state index in [4.69, 9.17) is 11.6 Å². The maximum Gasteiger partial charge on any atom is 0.264 e. The largest absolute Gasteiger partial charge is 0.355 e. The van der Waals surface area contributed by atoms with Crippen LogP contribution >= 0.6 is 11.6 Å². The number of nitrogens with zero attached hydrogens (tertiary/aromatic N) is 1. The molecule has 0 aliphatic heterocycles. The topological polar surface area (TPSA) is 66.5 Å². The molecule has 0 aliphatic carbocycles. The van der Waals surface area contributed by atoms with Crippen molar-refractivity contribution in [2.45, 2.75) is 31.1 Å². The lowest BCUT2D eigenvalue weighted by molar-refractivity contribution is -0.119. The summed E-state index contributed by atoms with van der Waals surface area (Å²) in [5.41, 5.74) is 0.352. The molecule has 26 heavy (non-hydrogen) atoms. The lowest BCUT2D eigenvalue weighted by Gasteiger charge is -2.24. The number of nitrogens with one attached hydrogen (secondary N) is 1. The van der Waals surface area contributed by atoms with E-state index in [2.05, 4.69) is 12.2 Å². The van der Waals surface area contributed by atoms with Gasteiger partial charge in [0.15, 0.2) is 0 Å². The molecule has 2 aromatic rings. The number of benzene rings is 2. The number of anilines is 1. The van der Waals surface area contributed by atoms with E-state index in [1.807, 2.05) is 0 Å². The zero-order valence-corrected chi connectivity index (χ0v) is 16.3. The normalized spacial score (nSPS) is 11.2. The minimum absolute atomic E-state index is 0.124. The third kappa shape index (κ3) is 5.47. The fraction of sp³-hybridized carbons (Fsp3) is 0.316. The van der Waals surface area contributed by atoms with Crippen molar-refractivity contribution >= 4 is 33.2 Å². The van der Waals surface area contributed by atoms with Crippen LogP contribution in [0.15, 0.2) is 59.5 Å². The first-order chi connectivity index (χ1) is 12.4. The van der Waals surface area contributed by atoms with E-state index < -0.39 is 10.0 Å². The van der Waals surface area contributed by atoms with Crippen LogP contribution in [0.3, 0.4) is 0 Å². The number of halogens is 1. The molecule has 0 aromatic heterocycles. The van der Waals surface area contributed by atoms with Gasteiger partial charge in [-0.25, -0.2) is 8.42 Å². The molecule has 2 rings (SSSR count). The Balaban J connectivity index is 2.27. The summed E-state index contributed by atoms with van der Waals surface area (Å²) >= 11 is 6.02. The summed E-state index contributed by atoms with van der Waals surface area (Å²) in [7, 11) is -3.89. The van der Waals surface area contributed by atoms with Gasteiger partial charge < -0.3 is 5.32 Å². The fourth-order valence-corrected chi connectivity index (χ4v) is 4.07. The highest BCUT2D eigenvalue weighted by molar-refractivity contribution is 7.92. The Morgan fingerprint density at radius 2 is 1.81 bits per heavy atom. The van der Waals surface area contributed by atoms with Crippen molar-refractivity contribution < 1.29 is 13.2 Å². The Hall–Kier alpha value is -2.05. The molecular weight excluding hydrogens is 372 g/mol. The van der Waals surface area contributed by atoms with Gasteiger partial charge in [-0.2, -0.15) is 0 Å². The first kappa shape index (κ1) is 20.3. The summed E-state index contributed by atoms with van der Waals surface area (Å²) in [6.45, 7) is 2.31. The number of hydrogen-bond acceptors (Lipinski definition) is 3. The van der Waals surface area contributed by atoms with Crippen LogP contribution in [0.25, 0.3) is 0 Å². The van der Waals surface area contributed by atoms with Crippen LogP contribution < -0.4 is 9.62 Å². The number of carbonyl (C=O) groups is 1. The first-order valence-electron chi connectivity index (χ1n) is 8.55. The average molecular weight is 395 g/mol. The fourth-order valence-electron chi connectivity index (χ4n) is 2.46. The lowest BCUT2D eigenvalue weighted by atomic mass is 10.2. The molecule has 140 valence electrons. The summed E-state index contributed by atoms with van der Waals surface area (Å²) in [6, 6.07) is 14.5. The Morgan fingerprint density at radius 1 is 1.08 bits per heavy atom. The molecule has 0 spiro atoms. The van der Waals surface area contributed by atoms with Crippen LogP contribution in [0.5, 0.6) is 0 Å². The predicted octanol–water partition coefficient (Wildman–Crippen LogP) is 3.84. The summed E-state index contributed by atoms with van der Waals surface area (Å²) in [6.07, 6.45) is 2.93. The number of hydrogen-bond donors (Lipinski definition) is 1. The summed E-state index contributed by atoms with van der Waals surface area (Å²) in [5, 5.41) is 3.18. The van der Waals surface area contributed by atoms with Crippen molar-refractivity contribution in [2.75, 3.05) is 17.4 Å². The number of unbranched alkanes of at least 4 members (excludes halogenated alkanes) is 2. The number of sulfonamides is 1. The molecule has 0 heterocycles. The van der Waals surface area contributed by atoms with Crippen LogP contribution in [-0.4, -0.2) is 27.4 Å². The van der Waals surface area contributed by atoms with Gasteiger partial charge in [0.25, 0.3) is 10.0 Å². The summed E-state index contributed by atoms with van der Waals surface area (Å²) < 4.78 is 27.2. The van der Waals surface area contributed by atoms with Gasteiger partial charge in [-0.15, -0.1) is 0 Å². The second-order valence-electron chi connectivity index (χ2n) is 5.86. The van der Waals surface area contributed by atoms with Crippen LogP contribution in [0, 0.1) is 0 Å². The van der Waals surface area contributed by atoms with Gasteiger partial charge in [0, 0.05) is 11.6 Å². The molecule has 7 heteroatoms. The highest BCUT2D eigenvalue weighted by Gasteiger charge is 2.27. The number of amides is 1. The van der Waals surface area contributed by atoms with Crippen LogP contribution in [-0.2, 0) is 14.8 Å². The maximum absolute atomic E-state index is 13.1. The smallest absolute Gasteiger partial charge is 0.264 e. The summed E-state index contributed by atoms with van der Waals surface area (Å²) in [5.74, 6) is -0.347. The molecule has 0 fully saturated rings. The van der Waals surface area contributed by atoms with Crippen LogP contribution in [0.4, 0.5) is 5.69 Å². The molecule has 1 amide bonds.